The van der Waals surface area contributed by atoms with Crippen LogP contribution in [-0.2, 0) is 0 Å². The summed E-state index contributed by atoms with van der Waals surface area (Å²) in [6, 6.07) is 8.08. The van der Waals surface area contributed by atoms with Gasteiger partial charge in [0.25, 0.3) is 0 Å². The number of carboxylic acid groups (broad SMARTS) is 1. The van der Waals surface area contributed by atoms with Gasteiger partial charge in [0.05, 0.1) is 0 Å². The second kappa shape index (κ2) is 5.59. The monoisotopic (exact) mass is 344 g/mol. The van der Waals surface area contributed by atoms with E-state index in [0.717, 1.165) is 6.07 Å². The van der Waals surface area contributed by atoms with Gasteiger partial charge in [0, 0.05) is 21.6 Å². The van der Waals surface area contributed by atoms with E-state index in [1.54, 1.807) is 0 Å². The van der Waals surface area contributed by atoms with Crippen LogP contribution < -0.4 is 4.74 Å². The molecule has 0 spiro atoms. The molecule has 2 aromatic carbocycles. The van der Waals surface area contributed by atoms with Gasteiger partial charge in [0.1, 0.15) is 22.9 Å². The highest BCUT2D eigenvalue weighted by Gasteiger charge is 2.13. The van der Waals surface area contributed by atoms with Crippen molar-refractivity contribution in [2.45, 2.75) is 0 Å². The van der Waals surface area contributed by atoms with Crippen LogP contribution in [0.2, 0.25) is 5.02 Å². The van der Waals surface area contributed by atoms with Crippen molar-refractivity contribution in [3.8, 4) is 11.5 Å². The lowest BCUT2D eigenvalue weighted by atomic mass is 10.2. The lowest BCUT2D eigenvalue weighted by molar-refractivity contribution is 0.0694. The summed E-state index contributed by atoms with van der Waals surface area (Å²) in [5.41, 5.74) is -0.0511. The first-order chi connectivity index (χ1) is 8.95. The first-order valence-corrected chi connectivity index (χ1v) is 6.29. The van der Waals surface area contributed by atoms with Crippen molar-refractivity contribution in [2.24, 2.45) is 0 Å². The van der Waals surface area contributed by atoms with Gasteiger partial charge in [-0.2, -0.15) is 0 Å². The average molecular weight is 346 g/mol. The normalized spacial score (nSPS) is 10.3. The zero-order valence-electron chi connectivity index (χ0n) is 9.36. The highest BCUT2D eigenvalue weighted by molar-refractivity contribution is 9.10. The van der Waals surface area contributed by atoms with E-state index in [1.807, 2.05) is 0 Å². The molecule has 0 radical (unpaired) electrons. The van der Waals surface area contributed by atoms with E-state index in [4.69, 9.17) is 21.4 Å². The van der Waals surface area contributed by atoms with Gasteiger partial charge >= 0.3 is 5.97 Å². The highest BCUT2D eigenvalue weighted by Crippen LogP contribution is 2.30. The molecule has 0 saturated heterocycles. The minimum Gasteiger partial charge on any atom is -0.478 e. The van der Waals surface area contributed by atoms with Crippen LogP contribution in [-0.4, -0.2) is 11.1 Å². The molecule has 0 saturated carbocycles. The SMILES string of the molecule is O=C(O)c1ccc(Cl)cc1Oc1cc(F)cc(Br)c1. The Hall–Kier alpha value is -1.59. The number of halogens is 3. The number of hydrogen-bond donors (Lipinski definition) is 1. The molecule has 6 heteroatoms. The zero-order valence-corrected chi connectivity index (χ0v) is 11.7. The second-order valence-corrected chi connectivity index (χ2v) is 5.00. The lowest BCUT2D eigenvalue weighted by Crippen LogP contribution is -2.00. The largest absolute Gasteiger partial charge is 0.478 e. The fraction of sp³-hybridized carbons (Fsp3) is 0. The molecule has 0 aliphatic heterocycles. The minimum absolute atomic E-state index is 0.0511. The number of rotatable bonds is 3. The third kappa shape index (κ3) is 3.45. The third-order valence-electron chi connectivity index (χ3n) is 2.24. The number of carbonyl (C=O) groups is 1. The van der Waals surface area contributed by atoms with E-state index in [2.05, 4.69) is 15.9 Å². The van der Waals surface area contributed by atoms with Gasteiger partial charge in [-0.3, -0.25) is 0 Å². The van der Waals surface area contributed by atoms with Crippen molar-refractivity contribution < 1.29 is 19.0 Å². The Morgan fingerprint density at radius 3 is 2.63 bits per heavy atom. The first kappa shape index (κ1) is 13.8. The van der Waals surface area contributed by atoms with Crippen molar-refractivity contribution >= 4 is 33.5 Å². The Bertz CT molecular complexity index is 626. The average Bonchev–Trinajstić information content (AvgIpc) is 2.26. The number of carboxylic acids is 1. The molecule has 0 aliphatic rings. The molecule has 0 fully saturated rings. The van der Waals surface area contributed by atoms with Crippen LogP contribution in [0.15, 0.2) is 40.9 Å². The molecule has 2 rings (SSSR count). The van der Waals surface area contributed by atoms with Gasteiger partial charge in [0.2, 0.25) is 0 Å². The standard InChI is InChI=1S/C13H7BrClFO3/c14-7-3-9(16)6-10(4-7)19-12-5-8(15)1-2-11(12)13(17)18/h1-6H,(H,17,18). The summed E-state index contributed by atoms with van der Waals surface area (Å²) < 4.78 is 19.1. The first-order valence-electron chi connectivity index (χ1n) is 5.12. The molecule has 19 heavy (non-hydrogen) atoms. The van der Waals surface area contributed by atoms with E-state index < -0.39 is 11.8 Å². The molecule has 0 aliphatic carbocycles. The number of hydrogen-bond acceptors (Lipinski definition) is 2. The van der Waals surface area contributed by atoms with Crippen LogP contribution in [0.25, 0.3) is 0 Å². The Morgan fingerprint density at radius 2 is 2.00 bits per heavy atom. The summed E-state index contributed by atoms with van der Waals surface area (Å²) in [5, 5.41) is 9.37. The van der Waals surface area contributed by atoms with Gasteiger partial charge in [-0.1, -0.05) is 27.5 Å². The molecule has 0 unspecified atom stereocenters. The Kier molecular flexibility index (Phi) is 4.07. The molecule has 1 N–H and O–H groups in total. The summed E-state index contributed by atoms with van der Waals surface area (Å²) in [6.07, 6.45) is 0. The van der Waals surface area contributed by atoms with Gasteiger partial charge < -0.3 is 9.84 Å². The Labute approximate surface area is 121 Å². The summed E-state index contributed by atoms with van der Waals surface area (Å²) in [7, 11) is 0. The number of ether oxygens (including phenoxy) is 1. The van der Waals surface area contributed by atoms with Gasteiger partial charge in [-0.25, -0.2) is 9.18 Å². The van der Waals surface area contributed by atoms with Gasteiger partial charge in [-0.05, 0) is 24.3 Å². The maximum absolute atomic E-state index is 13.2. The summed E-state index contributed by atoms with van der Waals surface area (Å²) in [6.45, 7) is 0. The second-order valence-electron chi connectivity index (χ2n) is 3.65. The Morgan fingerprint density at radius 1 is 1.26 bits per heavy atom. The third-order valence-corrected chi connectivity index (χ3v) is 2.93. The summed E-state index contributed by atoms with van der Waals surface area (Å²) in [4.78, 5) is 11.1. The van der Waals surface area contributed by atoms with Gasteiger partial charge in [-0.15, -0.1) is 0 Å². The fourth-order valence-electron chi connectivity index (χ4n) is 1.47. The van der Waals surface area contributed by atoms with Crippen LogP contribution in [0.1, 0.15) is 10.4 Å². The van der Waals surface area contributed by atoms with E-state index in [0.29, 0.717) is 9.50 Å². The molecule has 2 aromatic rings. The topological polar surface area (TPSA) is 46.5 Å². The number of aromatic carboxylic acids is 1. The lowest BCUT2D eigenvalue weighted by Gasteiger charge is -2.09. The van der Waals surface area contributed by atoms with Crippen LogP contribution in [0, 0.1) is 5.82 Å². The molecular formula is C13H7BrClFO3. The van der Waals surface area contributed by atoms with Crippen molar-refractivity contribution in [2.75, 3.05) is 0 Å². The van der Waals surface area contributed by atoms with Crippen molar-refractivity contribution in [1.29, 1.82) is 0 Å². The quantitative estimate of drug-likeness (QED) is 0.874. The van der Waals surface area contributed by atoms with Crippen molar-refractivity contribution in [3.63, 3.8) is 0 Å². The highest BCUT2D eigenvalue weighted by atomic mass is 79.9. The molecule has 3 nitrogen and oxygen atoms in total. The van der Waals surface area contributed by atoms with Crippen LogP contribution in [0.3, 0.4) is 0 Å². The molecule has 0 bridgehead atoms. The van der Waals surface area contributed by atoms with E-state index in [1.165, 1.54) is 30.3 Å². The fourth-order valence-corrected chi connectivity index (χ4v) is 2.08. The maximum Gasteiger partial charge on any atom is 0.339 e. The summed E-state index contributed by atoms with van der Waals surface area (Å²) >= 11 is 8.92. The predicted molar refractivity (Wildman–Crippen MR) is 72.6 cm³/mol. The van der Waals surface area contributed by atoms with Crippen molar-refractivity contribution in [1.82, 2.24) is 0 Å². The minimum atomic E-state index is -1.15. The van der Waals surface area contributed by atoms with E-state index in [9.17, 15) is 9.18 Å². The number of benzene rings is 2. The molecule has 0 aromatic heterocycles. The van der Waals surface area contributed by atoms with Gasteiger partial charge in [0.15, 0.2) is 0 Å². The smallest absolute Gasteiger partial charge is 0.339 e. The van der Waals surface area contributed by atoms with Crippen molar-refractivity contribution in [3.05, 3.63) is 57.3 Å². The summed E-state index contributed by atoms with van der Waals surface area (Å²) in [5.74, 6) is -1.42. The Balaban J connectivity index is 2.42. The van der Waals surface area contributed by atoms with E-state index >= 15 is 0 Å². The molecular weight excluding hydrogens is 338 g/mol. The van der Waals surface area contributed by atoms with E-state index in [-0.39, 0.29) is 17.1 Å². The van der Waals surface area contributed by atoms with Crippen LogP contribution >= 0.6 is 27.5 Å². The molecule has 0 heterocycles. The predicted octanol–water partition coefficient (Wildman–Crippen LogP) is 4.73. The molecule has 98 valence electrons. The maximum atomic E-state index is 13.2. The zero-order chi connectivity index (χ0) is 14.0. The molecule has 0 amide bonds. The van der Waals surface area contributed by atoms with Crippen LogP contribution in [0.4, 0.5) is 4.39 Å². The van der Waals surface area contributed by atoms with Crippen LogP contribution in [0.5, 0.6) is 11.5 Å². The molecule has 0 atom stereocenters.